The highest BCUT2D eigenvalue weighted by Gasteiger charge is 2.13. The molecule has 0 saturated heterocycles. The molecule has 6 heteroatoms. The molecule has 0 bridgehead atoms. The number of ether oxygens (including phenoxy) is 1. The Morgan fingerprint density at radius 2 is 1.85 bits per heavy atom. The van der Waals surface area contributed by atoms with Crippen LogP contribution in [0.15, 0.2) is 24.3 Å². The SMILES string of the molecule is CCCN(CCO)CC(O)c1ccc(OC(F)F)cc1. The number of alkyl halides is 2. The van der Waals surface area contributed by atoms with Gasteiger partial charge in [0.15, 0.2) is 0 Å². The number of aliphatic hydroxyl groups is 2. The fourth-order valence-corrected chi connectivity index (χ4v) is 1.97. The smallest absolute Gasteiger partial charge is 0.387 e. The second-order valence-electron chi connectivity index (χ2n) is 4.49. The maximum absolute atomic E-state index is 12.0. The molecular weight excluding hydrogens is 268 g/mol. The van der Waals surface area contributed by atoms with Crippen LogP contribution in [0.1, 0.15) is 25.0 Å². The van der Waals surface area contributed by atoms with Crippen molar-refractivity contribution in [3.8, 4) is 5.75 Å². The van der Waals surface area contributed by atoms with Crippen LogP contribution in [0.3, 0.4) is 0 Å². The van der Waals surface area contributed by atoms with Crippen molar-refractivity contribution in [3.63, 3.8) is 0 Å². The predicted octanol–water partition coefficient (Wildman–Crippen LogP) is 2.03. The summed E-state index contributed by atoms with van der Waals surface area (Å²) in [4.78, 5) is 1.95. The largest absolute Gasteiger partial charge is 0.435 e. The lowest BCUT2D eigenvalue weighted by Gasteiger charge is -2.24. The summed E-state index contributed by atoms with van der Waals surface area (Å²) in [6.45, 7) is 0.877. The fraction of sp³-hybridized carbons (Fsp3) is 0.571. The van der Waals surface area contributed by atoms with Gasteiger partial charge < -0.3 is 14.9 Å². The van der Waals surface area contributed by atoms with Gasteiger partial charge in [0.1, 0.15) is 5.75 Å². The Hall–Kier alpha value is -1.24. The van der Waals surface area contributed by atoms with E-state index in [9.17, 15) is 13.9 Å². The standard InChI is InChI=1S/C14H21F2NO3/c1-2-7-17(8-9-18)10-13(19)11-3-5-12(6-4-11)20-14(15)16/h3-6,13-14,18-19H,2,7-10H2,1H3. The summed E-state index contributed by atoms with van der Waals surface area (Å²) in [7, 11) is 0. The van der Waals surface area contributed by atoms with E-state index in [0.717, 1.165) is 13.0 Å². The molecule has 1 unspecified atom stereocenters. The summed E-state index contributed by atoms with van der Waals surface area (Å²) < 4.78 is 28.3. The predicted molar refractivity (Wildman–Crippen MR) is 71.9 cm³/mol. The van der Waals surface area contributed by atoms with Gasteiger partial charge in [-0.15, -0.1) is 0 Å². The molecule has 4 nitrogen and oxygen atoms in total. The molecule has 0 spiro atoms. The lowest BCUT2D eigenvalue weighted by atomic mass is 10.1. The first-order valence-electron chi connectivity index (χ1n) is 6.62. The Labute approximate surface area is 117 Å². The van der Waals surface area contributed by atoms with E-state index in [1.54, 1.807) is 12.1 Å². The quantitative estimate of drug-likeness (QED) is 0.730. The number of rotatable bonds is 9. The van der Waals surface area contributed by atoms with Gasteiger partial charge in [0.25, 0.3) is 0 Å². The average molecular weight is 289 g/mol. The van der Waals surface area contributed by atoms with Crippen molar-refractivity contribution in [1.82, 2.24) is 4.90 Å². The number of hydrogen-bond acceptors (Lipinski definition) is 4. The zero-order valence-electron chi connectivity index (χ0n) is 11.5. The number of aliphatic hydroxyl groups excluding tert-OH is 2. The molecular formula is C14H21F2NO3. The monoisotopic (exact) mass is 289 g/mol. The minimum absolute atomic E-state index is 0.0356. The molecule has 1 rings (SSSR count). The second kappa shape index (κ2) is 8.84. The third-order valence-corrected chi connectivity index (χ3v) is 2.88. The van der Waals surface area contributed by atoms with Gasteiger partial charge in [0.05, 0.1) is 12.7 Å². The highest BCUT2D eigenvalue weighted by Crippen LogP contribution is 2.20. The van der Waals surface area contributed by atoms with Gasteiger partial charge in [0.2, 0.25) is 0 Å². The van der Waals surface area contributed by atoms with E-state index in [0.29, 0.717) is 18.7 Å². The number of nitrogens with zero attached hydrogens (tertiary/aromatic N) is 1. The molecule has 0 aliphatic carbocycles. The van der Waals surface area contributed by atoms with Crippen LogP contribution >= 0.6 is 0 Å². The molecule has 20 heavy (non-hydrogen) atoms. The van der Waals surface area contributed by atoms with Crippen molar-refractivity contribution in [2.75, 3.05) is 26.2 Å². The maximum Gasteiger partial charge on any atom is 0.387 e. The third kappa shape index (κ3) is 5.81. The molecule has 2 N–H and O–H groups in total. The Kier molecular flexibility index (Phi) is 7.43. The first-order chi connectivity index (χ1) is 9.56. The Bertz CT molecular complexity index is 367. The number of halogens is 2. The van der Waals surface area contributed by atoms with E-state index < -0.39 is 12.7 Å². The minimum atomic E-state index is -2.85. The maximum atomic E-state index is 12.0. The van der Waals surface area contributed by atoms with E-state index in [1.807, 2.05) is 11.8 Å². The van der Waals surface area contributed by atoms with Crippen molar-refractivity contribution in [3.05, 3.63) is 29.8 Å². The summed E-state index contributed by atoms with van der Waals surface area (Å²) in [6.07, 6.45) is 0.196. The summed E-state index contributed by atoms with van der Waals surface area (Å²) in [5, 5.41) is 19.1. The summed E-state index contributed by atoms with van der Waals surface area (Å²) in [6, 6.07) is 5.93. The summed E-state index contributed by atoms with van der Waals surface area (Å²) >= 11 is 0. The molecule has 0 amide bonds. The van der Waals surface area contributed by atoms with Crippen LogP contribution in [0, 0.1) is 0 Å². The van der Waals surface area contributed by atoms with Gasteiger partial charge in [0, 0.05) is 13.1 Å². The van der Waals surface area contributed by atoms with Gasteiger partial charge in [-0.25, -0.2) is 0 Å². The van der Waals surface area contributed by atoms with Crippen LogP contribution in [-0.4, -0.2) is 48.0 Å². The Morgan fingerprint density at radius 1 is 1.20 bits per heavy atom. The molecule has 0 aliphatic heterocycles. The molecule has 1 aromatic rings. The highest BCUT2D eigenvalue weighted by molar-refractivity contribution is 5.28. The molecule has 0 aromatic heterocycles. The van der Waals surface area contributed by atoms with Crippen molar-refractivity contribution in [1.29, 1.82) is 0 Å². The Balaban J connectivity index is 2.59. The molecule has 0 aliphatic rings. The van der Waals surface area contributed by atoms with E-state index >= 15 is 0 Å². The first kappa shape index (κ1) is 16.8. The number of benzene rings is 1. The third-order valence-electron chi connectivity index (χ3n) is 2.88. The van der Waals surface area contributed by atoms with Gasteiger partial charge in [-0.05, 0) is 30.7 Å². The molecule has 0 radical (unpaired) electrons. The van der Waals surface area contributed by atoms with Crippen LogP contribution in [0.25, 0.3) is 0 Å². The molecule has 114 valence electrons. The zero-order valence-corrected chi connectivity index (χ0v) is 11.5. The van der Waals surface area contributed by atoms with Gasteiger partial charge in [-0.1, -0.05) is 19.1 Å². The number of hydrogen-bond donors (Lipinski definition) is 2. The van der Waals surface area contributed by atoms with Crippen LogP contribution in [-0.2, 0) is 0 Å². The topological polar surface area (TPSA) is 52.9 Å². The van der Waals surface area contributed by atoms with Gasteiger partial charge in [-0.2, -0.15) is 8.78 Å². The van der Waals surface area contributed by atoms with E-state index in [2.05, 4.69) is 4.74 Å². The van der Waals surface area contributed by atoms with Crippen LogP contribution in [0.2, 0.25) is 0 Å². The van der Waals surface area contributed by atoms with Crippen molar-refractivity contribution >= 4 is 0 Å². The first-order valence-corrected chi connectivity index (χ1v) is 6.62. The van der Waals surface area contributed by atoms with E-state index in [1.165, 1.54) is 12.1 Å². The van der Waals surface area contributed by atoms with Crippen LogP contribution in [0.5, 0.6) is 5.75 Å². The molecule has 1 aromatic carbocycles. The normalized spacial score (nSPS) is 12.9. The van der Waals surface area contributed by atoms with Gasteiger partial charge >= 0.3 is 6.61 Å². The van der Waals surface area contributed by atoms with Gasteiger partial charge in [-0.3, -0.25) is 4.90 Å². The van der Waals surface area contributed by atoms with Crippen molar-refractivity contribution in [2.24, 2.45) is 0 Å². The van der Waals surface area contributed by atoms with Crippen molar-refractivity contribution < 1.29 is 23.7 Å². The molecule has 1 atom stereocenters. The molecule has 0 heterocycles. The fourth-order valence-electron chi connectivity index (χ4n) is 1.97. The molecule has 0 fully saturated rings. The highest BCUT2D eigenvalue weighted by atomic mass is 19.3. The molecule has 0 saturated carbocycles. The van der Waals surface area contributed by atoms with Crippen LogP contribution < -0.4 is 4.74 Å². The second-order valence-corrected chi connectivity index (χ2v) is 4.49. The minimum Gasteiger partial charge on any atom is -0.435 e. The lowest BCUT2D eigenvalue weighted by Crippen LogP contribution is -2.32. The van der Waals surface area contributed by atoms with E-state index in [-0.39, 0.29) is 12.4 Å². The zero-order chi connectivity index (χ0) is 15.0. The summed E-state index contributed by atoms with van der Waals surface area (Å²) in [5.74, 6) is 0.0664. The van der Waals surface area contributed by atoms with Crippen molar-refractivity contribution in [2.45, 2.75) is 26.1 Å². The average Bonchev–Trinajstić information content (AvgIpc) is 2.39. The lowest BCUT2D eigenvalue weighted by molar-refractivity contribution is -0.0498. The summed E-state index contributed by atoms with van der Waals surface area (Å²) in [5.41, 5.74) is 0.630. The van der Waals surface area contributed by atoms with E-state index in [4.69, 9.17) is 5.11 Å². The Morgan fingerprint density at radius 3 is 2.35 bits per heavy atom. The van der Waals surface area contributed by atoms with Crippen LogP contribution in [0.4, 0.5) is 8.78 Å².